The van der Waals surface area contributed by atoms with Crippen molar-refractivity contribution in [1.29, 1.82) is 0 Å². The summed E-state index contributed by atoms with van der Waals surface area (Å²) >= 11 is 0. The summed E-state index contributed by atoms with van der Waals surface area (Å²) in [5, 5.41) is 6.37. The summed E-state index contributed by atoms with van der Waals surface area (Å²) in [5.41, 5.74) is 2.12. The molecule has 0 heterocycles. The molecule has 0 bridgehead atoms. The molecular weight excluding hydrogens is 252 g/mol. The molecule has 0 aromatic heterocycles. The lowest BCUT2D eigenvalue weighted by molar-refractivity contribution is -0.121. The van der Waals surface area contributed by atoms with Gasteiger partial charge < -0.3 is 15.4 Å². The Morgan fingerprint density at radius 1 is 1.35 bits per heavy atom. The predicted octanol–water partition coefficient (Wildman–Crippen LogP) is 2.86. The fourth-order valence-electron chi connectivity index (χ4n) is 2.64. The molecule has 0 atom stereocenters. The first-order chi connectivity index (χ1) is 9.69. The molecular formula is C16H24N2O2. The quantitative estimate of drug-likeness (QED) is 0.840. The number of benzene rings is 1. The Kier molecular flexibility index (Phi) is 5.27. The van der Waals surface area contributed by atoms with Gasteiger partial charge in [0.2, 0.25) is 5.91 Å². The minimum atomic E-state index is 0.135. The van der Waals surface area contributed by atoms with Crippen molar-refractivity contribution in [2.24, 2.45) is 0 Å². The molecule has 0 saturated heterocycles. The van der Waals surface area contributed by atoms with Crippen molar-refractivity contribution >= 4 is 11.6 Å². The highest BCUT2D eigenvalue weighted by Crippen LogP contribution is 2.25. The van der Waals surface area contributed by atoms with Crippen molar-refractivity contribution in [1.82, 2.24) is 5.32 Å². The van der Waals surface area contributed by atoms with Crippen LogP contribution in [0, 0.1) is 6.92 Å². The molecule has 4 nitrogen and oxygen atoms in total. The van der Waals surface area contributed by atoms with Crippen molar-refractivity contribution < 1.29 is 9.53 Å². The van der Waals surface area contributed by atoms with Crippen LogP contribution in [0.15, 0.2) is 18.2 Å². The lowest BCUT2D eigenvalue weighted by Gasteiger charge is -2.14. The average molecular weight is 276 g/mol. The van der Waals surface area contributed by atoms with E-state index in [1.807, 2.05) is 25.1 Å². The molecule has 1 aromatic rings. The van der Waals surface area contributed by atoms with Crippen LogP contribution in [0.4, 0.5) is 5.69 Å². The molecule has 20 heavy (non-hydrogen) atoms. The lowest BCUT2D eigenvalue weighted by Crippen LogP contribution is -2.33. The van der Waals surface area contributed by atoms with Gasteiger partial charge in [0.1, 0.15) is 5.75 Å². The summed E-state index contributed by atoms with van der Waals surface area (Å²) < 4.78 is 5.30. The van der Waals surface area contributed by atoms with Gasteiger partial charge in [-0.1, -0.05) is 18.9 Å². The van der Waals surface area contributed by atoms with E-state index in [4.69, 9.17) is 4.74 Å². The molecule has 0 radical (unpaired) electrons. The monoisotopic (exact) mass is 276 g/mol. The number of hydrogen-bond acceptors (Lipinski definition) is 3. The van der Waals surface area contributed by atoms with Crippen molar-refractivity contribution in [3.05, 3.63) is 23.8 Å². The first-order valence-corrected chi connectivity index (χ1v) is 7.37. The molecule has 1 fully saturated rings. The second-order valence-corrected chi connectivity index (χ2v) is 5.43. The molecule has 1 amide bonds. The summed E-state index contributed by atoms with van der Waals surface area (Å²) in [7, 11) is 1.66. The maximum atomic E-state index is 11.8. The average Bonchev–Trinajstić information content (AvgIpc) is 2.92. The van der Waals surface area contributed by atoms with Crippen molar-refractivity contribution in [3.63, 3.8) is 0 Å². The van der Waals surface area contributed by atoms with Gasteiger partial charge in [-0.15, -0.1) is 0 Å². The fourth-order valence-corrected chi connectivity index (χ4v) is 2.64. The third-order valence-electron chi connectivity index (χ3n) is 3.74. The van der Waals surface area contributed by atoms with Crippen LogP contribution < -0.4 is 15.4 Å². The summed E-state index contributed by atoms with van der Waals surface area (Å²) in [6.45, 7) is 2.66. The number of methoxy groups -OCH3 is 1. The van der Waals surface area contributed by atoms with E-state index in [9.17, 15) is 4.79 Å². The maximum absolute atomic E-state index is 11.8. The molecule has 1 saturated carbocycles. The number of nitrogens with one attached hydrogen (secondary N) is 2. The largest absolute Gasteiger partial charge is 0.495 e. The Bertz CT molecular complexity index is 454. The van der Waals surface area contributed by atoms with E-state index in [-0.39, 0.29) is 5.91 Å². The molecule has 0 unspecified atom stereocenters. The minimum absolute atomic E-state index is 0.135. The summed E-state index contributed by atoms with van der Waals surface area (Å²) in [6, 6.07) is 6.39. The van der Waals surface area contributed by atoms with Gasteiger partial charge in [0.25, 0.3) is 0 Å². The zero-order valence-electron chi connectivity index (χ0n) is 12.4. The van der Waals surface area contributed by atoms with E-state index in [1.165, 1.54) is 18.4 Å². The second-order valence-electron chi connectivity index (χ2n) is 5.43. The first-order valence-electron chi connectivity index (χ1n) is 7.37. The van der Waals surface area contributed by atoms with Crippen LogP contribution in [0.5, 0.6) is 5.75 Å². The second kappa shape index (κ2) is 7.17. The van der Waals surface area contributed by atoms with Gasteiger partial charge in [-0.05, 0) is 37.5 Å². The van der Waals surface area contributed by atoms with E-state index in [0.29, 0.717) is 19.0 Å². The third kappa shape index (κ3) is 4.15. The Balaban J connectivity index is 1.77. The zero-order valence-corrected chi connectivity index (χ0v) is 12.4. The van der Waals surface area contributed by atoms with E-state index in [2.05, 4.69) is 10.6 Å². The summed E-state index contributed by atoms with van der Waals surface area (Å²) in [6.07, 6.45) is 5.23. The highest BCUT2D eigenvalue weighted by Gasteiger charge is 2.16. The predicted molar refractivity (Wildman–Crippen MR) is 81.2 cm³/mol. The maximum Gasteiger partial charge on any atom is 0.221 e. The molecule has 4 heteroatoms. The minimum Gasteiger partial charge on any atom is -0.495 e. The number of carbonyl (C=O) groups excluding carboxylic acids is 1. The lowest BCUT2D eigenvalue weighted by atomic mass is 10.2. The van der Waals surface area contributed by atoms with Crippen LogP contribution in [0.25, 0.3) is 0 Å². The van der Waals surface area contributed by atoms with E-state index in [0.717, 1.165) is 24.3 Å². The molecule has 0 aliphatic heterocycles. The molecule has 1 aliphatic rings. The highest BCUT2D eigenvalue weighted by molar-refractivity contribution is 5.77. The van der Waals surface area contributed by atoms with Crippen molar-refractivity contribution in [2.75, 3.05) is 19.0 Å². The molecule has 0 spiro atoms. The van der Waals surface area contributed by atoms with E-state index < -0.39 is 0 Å². The molecule has 110 valence electrons. The van der Waals surface area contributed by atoms with Gasteiger partial charge in [-0.3, -0.25) is 4.79 Å². The Labute approximate surface area is 120 Å². The van der Waals surface area contributed by atoms with Crippen LogP contribution >= 0.6 is 0 Å². The van der Waals surface area contributed by atoms with Crippen LogP contribution in [-0.4, -0.2) is 25.6 Å². The zero-order chi connectivity index (χ0) is 14.4. The van der Waals surface area contributed by atoms with Gasteiger partial charge in [0.15, 0.2) is 0 Å². The van der Waals surface area contributed by atoms with Crippen LogP contribution in [0.3, 0.4) is 0 Å². The fraction of sp³-hybridized carbons (Fsp3) is 0.562. The standard InChI is InChI=1S/C16H24N2O2/c1-12-7-8-15(20-2)14(11-12)17-10-9-16(19)18-13-5-3-4-6-13/h7-8,11,13,17H,3-6,9-10H2,1-2H3,(H,18,19). The van der Waals surface area contributed by atoms with E-state index >= 15 is 0 Å². The molecule has 1 aliphatic carbocycles. The Morgan fingerprint density at radius 3 is 2.80 bits per heavy atom. The molecule has 2 N–H and O–H groups in total. The Hall–Kier alpha value is -1.71. The van der Waals surface area contributed by atoms with Crippen molar-refractivity contribution in [3.8, 4) is 5.75 Å². The van der Waals surface area contributed by atoms with Crippen LogP contribution in [-0.2, 0) is 4.79 Å². The number of anilines is 1. The van der Waals surface area contributed by atoms with Crippen LogP contribution in [0.1, 0.15) is 37.7 Å². The first kappa shape index (κ1) is 14.7. The Morgan fingerprint density at radius 2 is 2.10 bits per heavy atom. The molecule has 2 rings (SSSR count). The van der Waals surface area contributed by atoms with Gasteiger partial charge >= 0.3 is 0 Å². The topological polar surface area (TPSA) is 50.4 Å². The SMILES string of the molecule is COc1ccc(C)cc1NCCC(=O)NC1CCCC1. The normalized spacial score (nSPS) is 15.1. The number of rotatable bonds is 6. The number of carbonyl (C=O) groups is 1. The summed E-state index contributed by atoms with van der Waals surface area (Å²) in [5.74, 6) is 0.947. The smallest absolute Gasteiger partial charge is 0.221 e. The van der Waals surface area contributed by atoms with Gasteiger partial charge in [0.05, 0.1) is 12.8 Å². The molecule has 1 aromatic carbocycles. The van der Waals surface area contributed by atoms with Crippen LogP contribution in [0.2, 0.25) is 0 Å². The van der Waals surface area contributed by atoms with E-state index in [1.54, 1.807) is 7.11 Å². The highest BCUT2D eigenvalue weighted by atomic mass is 16.5. The summed E-state index contributed by atoms with van der Waals surface area (Å²) in [4.78, 5) is 11.8. The van der Waals surface area contributed by atoms with Gasteiger partial charge in [0, 0.05) is 19.0 Å². The number of hydrogen-bond donors (Lipinski definition) is 2. The number of amides is 1. The number of ether oxygens (including phenoxy) is 1. The van der Waals surface area contributed by atoms with Gasteiger partial charge in [-0.2, -0.15) is 0 Å². The number of aryl methyl sites for hydroxylation is 1. The van der Waals surface area contributed by atoms with Crippen molar-refractivity contribution in [2.45, 2.75) is 45.1 Å². The third-order valence-corrected chi connectivity index (χ3v) is 3.74. The van der Waals surface area contributed by atoms with Gasteiger partial charge in [-0.25, -0.2) is 0 Å².